The second-order valence-corrected chi connectivity index (χ2v) is 5.59. The zero-order valence-corrected chi connectivity index (χ0v) is 11.4. The van der Waals surface area contributed by atoms with Gasteiger partial charge >= 0.3 is 5.97 Å². The average Bonchev–Trinajstić information content (AvgIpc) is 2.79. The van der Waals surface area contributed by atoms with Gasteiger partial charge in [0.05, 0.1) is 17.8 Å². The fraction of sp³-hybridized carbons (Fsp3) is 0.467. The zero-order chi connectivity index (χ0) is 14.6. The predicted molar refractivity (Wildman–Crippen MR) is 77.3 cm³/mol. The summed E-state index contributed by atoms with van der Waals surface area (Å²) in [6.45, 7) is 0. The van der Waals surface area contributed by atoms with Crippen LogP contribution in [0.25, 0.3) is 0 Å². The fourth-order valence-electron chi connectivity index (χ4n) is 3.01. The summed E-state index contributed by atoms with van der Waals surface area (Å²) >= 11 is 0. The minimum atomic E-state index is -0.834. The van der Waals surface area contributed by atoms with E-state index in [-0.39, 0.29) is 24.2 Å². The maximum atomic E-state index is 12.1. The molecule has 108 valence electrons. The van der Waals surface area contributed by atoms with Gasteiger partial charge in [-0.15, -0.1) is 0 Å². The van der Waals surface area contributed by atoms with E-state index in [2.05, 4.69) is 5.32 Å². The van der Waals surface area contributed by atoms with Crippen LogP contribution in [0.1, 0.15) is 38.5 Å². The third-order valence-corrected chi connectivity index (χ3v) is 3.96. The van der Waals surface area contributed by atoms with Crippen molar-refractivity contribution in [3.05, 3.63) is 24.3 Å². The Morgan fingerprint density at radius 2 is 1.85 bits per heavy atom. The van der Waals surface area contributed by atoms with E-state index in [4.69, 9.17) is 10.8 Å². The van der Waals surface area contributed by atoms with Crippen molar-refractivity contribution in [3.63, 3.8) is 0 Å². The number of carbonyl (C=O) groups is 2. The van der Waals surface area contributed by atoms with Gasteiger partial charge in [-0.25, -0.2) is 0 Å². The minimum absolute atomic E-state index is 0.0602. The SMILES string of the molecule is Nc1ccccc1NC(=O)CC1(CC(=O)O)CCCC1. The maximum absolute atomic E-state index is 12.1. The summed E-state index contributed by atoms with van der Waals surface area (Å²) in [4.78, 5) is 23.2. The number of benzene rings is 1. The van der Waals surface area contributed by atoms with Crippen molar-refractivity contribution in [3.8, 4) is 0 Å². The highest BCUT2D eigenvalue weighted by atomic mass is 16.4. The maximum Gasteiger partial charge on any atom is 0.303 e. The number of hydrogen-bond donors (Lipinski definition) is 3. The molecule has 0 aliphatic heterocycles. The van der Waals surface area contributed by atoms with E-state index in [1.807, 2.05) is 0 Å². The molecule has 0 saturated heterocycles. The Morgan fingerprint density at radius 3 is 2.45 bits per heavy atom. The normalized spacial score (nSPS) is 16.8. The summed E-state index contributed by atoms with van der Waals surface area (Å²) in [5, 5.41) is 11.8. The van der Waals surface area contributed by atoms with E-state index in [1.165, 1.54) is 0 Å². The number of nitrogens with one attached hydrogen (secondary N) is 1. The highest BCUT2D eigenvalue weighted by Gasteiger charge is 2.38. The number of aliphatic carboxylic acids is 1. The van der Waals surface area contributed by atoms with Gasteiger partial charge in [-0.1, -0.05) is 25.0 Å². The fourth-order valence-corrected chi connectivity index (χ4v) is 3.01. The number of amides is 1. The summed E-state index contributed by atoms with van der Waals surface area (Å²) in [5.41, 5.74) is 6.49. The summed E-state index contributed by atoms with van der Waals surface area (Å²) < 4.78 is 0. The van der Waals surface area contributed by atoms with Crippen molar-refractivity contribution in [1.29, 1.82) is 0 Å². The molecule has 20 heavy (non-hydrogen) atoms. The van der Waals surface area contributed by atoms with Crippen LogP contribution >= 0.6 is 0 Å². The first-order valence-electron chi connectivity index (χ1n) is 6.87. The van der Waals surface area contributed by atoms with E-state index in [1.54, 1.807) is 24.3 Å². The molecular formula is C15H20N2O3. The van der Waals surface area contributed by atoms with Gasteiger partial charge in [-0.05, 0) is 30.4 Å². The molecule has 1 aromatic rings. The third kappa shape index (κ3) is 3.50. The number of carbonyl (C=O) groups excluding carboxylic acids is 1. The number of hydrogen-bond acceptors (Lipinski definition) is 3. The first kappa shape index (κ1) is 14.4. The van der Waals surface area contributed by atoms with Gasteiger partial charge < -0.3 is 16.2 Å². The Labute approximate surface area is 118 Å². The van der Waals surface area contributed by atoms with Crippen molar-refractivity contribution in [2.45, 2.75) is 38.5 Å². The van der Waals surface area contributed by atoms with Crippen LogP contribution in [0.3, 0.4) is 0 Å². The second-order valence-electron chi connectivity index (χ2n) is 5.59. The Balaban J connectivity index is 2.02. The number of carboxylic acid groups (broad SMARTS) is 1. The molecule has 1 aromatic carbocycles. The second kappa shape index (κ2) is 5.94. The Kier molecular flexibility index (Phi) is 4.27. The molecule has 0 spiro atoms. The quantitative estimate of drug-likeness (QED) is 0.721. The molecule has 0 heterocycles. The summed E-state index contributed by atoms with van der Waals surface area (Å²) in [5.74, 6) is -0.995. The molecule has 0 bridgehead atoms. The molecule has 4 N–H and O–H groups in total. The van der Waals surface area contributed by atoms with Crippen LogP contribution in [0.4, 0.5) is 11.4 Å². The number of rotatable bonds is 5. The molecule has 5 nitrogen and oxygen atoms in total. The molecule has 5 heteroatoms. The van der Waals surface area contributed by atoms with Crippen LogP contribution in [0.5, 0.6) is 0 Å². The Morgan fingerprint density at radius 1 is 1.20 bits per heavy atom. The van der Waals surface area contributed by atoms with Gasteiger partial charge in [0.15, 0.2) is 0 Å². The monoisotopic (exact) mass is 276 g/mol. The molecule has 1 aliphatic carbocycles. The van der Waals surface area contributed by atoms with Crippen molar-refractivity contribution in [2.75, 3.05) is 11.1 Å². The molecule has 0 atom stereocenters. The van der Waals surface area contributed by atoms with E-state index in [0.717, 1.165) is 25.7 Å². The molecule has 0 radical (unpaired) electrons. The van der Waals surface area contributed by atoms with Crippen LogP contribution < -0.4 is 11.1 Å². The summed E-state index contributed by atoms with van der Waals surface area (Å²) in [6.07, 6.45) is 3.90. The molecule has 2 rings (SSSR count). The highest BCUT2D eigenvalue weighted by Crippen LogP contribution is 2.44. The standard InChI is InChI=1S/C15H20N2O3/c16-11-5-1-2-6-12(11)17-13(18)9-15(10-14(19)20)7-3-4-8-15/h1-2,5-6H,3-4,7-10,16H2,(H,17,18)(H,19,20). The predicted octanol–water partition coefficient (Wildman–Crippen LogP) is 2.63. The van der Waals surface area contributed by atoms with E-state index >= 15 is 0 Å². The number of nitrogen functional groups attached to an aromatic ring is 1. The van der Waals surface area contributed by atoms with Gasteiger partial charge in [-0.2, -0.15) is 0 Å². The van der Waals surface area contributed by atoms with Gasteiger partial charge in [0.25, 0.3) is 0 Å². The van der Waals surface area contributed by atoms with Crippen molar-refractivity contribution >= 4 is 23.3 Å². The molecule has 1 amide bonds. The molecule has 0 unspecified atom stereocenters. The first-order valence-corrected chi connectivity index (χ1v) is 6.87. The molecule has 1 saturated carbocycles. The highest BCUT2D eigenvalue weighted by molar-refractivity contribution is 5.94. The van der Waals surface area contributed by atoms with Gasteiger partial charge in [-0.3, -0.25) is 9.59 Å². The summed E-state index contributed by atoms with van der Waals surface area (Å²) in [7, 11) is 0. The number of carboxylic acids is 1. The number of para-hydroxylation sites is 2. The van der Waals surface area contributed by atoms with Gasteiger partial charge in [0.1, 0.15) is 0 Å². The topological polar surface area (TPSA) is 92.4 Å². The lowest BCUT2D eigenvalue weighted by Crippen LogP contribution is -2.27. The van der Waals surface area contributed by atoms with Crippen LogP contribution in [0.2, 0.25) is 0 Å². The van der Waals surface area contributed by atoms with Crippen molar-refractivity contribution in [2.24, 2.45) is 5.41 Å². The van der Waals surface area contributed by atoms with E-state index < -0.39 is 5.97 Å². The average molecular weight is 276 g/mol. The van der Waals surface area contributed by atoms with Crippen molar-refractivity contribution < 1.29 is 14.7 Å². The Bertz CT molecular complexity index is 508. The van der Waals surface area contributed by atoms with Crippen LogP contribution in [-0.2, 0) is 9.59 Å². The van der Waals surface area contributed by atoms with Crippen LogP contribution in [0, 0.1) is 5.41 Å². The molecule has 1 aliphatic rings. The lowest BCUT2D eigenvalue weighted by molar-refractivity contribution is -0.140. The van der Waals surface area contributed by atoms with Gasteiger partial charge in [0.2, 0.25) is 5.91 Å². The number of nitrogens with two attached hydrogens (primary N) is 1. The Hall–Kier alpha value is -2.04. The number of anilines is 2. The van der Waals surface area contributed by atoms with E-state index in [9.17, 15) is 9.59 Å². The smallest absolute Gasteiger partial charge is 0.303 e. The largest absolute Gasteiger partial charge is 0.481 e. The lowest BCUT2D eigenvalue weighted by Gasteiger charge is -2.26. The zero-order valence-electron chi connectivity index (χ0n) is 11.4. The van der Waals surface area contributed by atoms with E-state index in [0.29, 0.717) is 11.4 Å². The molecule has 1 fully saturated rings. The van der Waals surface area contributed by atoms with Gasteiger partial charge in [0, 0.05) is 6.42 Å². The lowest BCUT2D eigenvalue weighted by atomic mass is 9.79. The first-order chi connectivity index (χ1) is 9.51. The third-order valence-electron chi connectivity index (χ3n) is 3.96. The van der Waals surface area contributed by atoms with Crippen LogP contribution in [0.15, 0.2) is 24.3 Å². The molecule has 0 aromatic heterocycles. The summed E-state index contributed by atoms with van der Waals surface area (Å²) in [6, 6.07) is 7.06. The van der Waals surface area contributed by atoms with Crippen molar-refractivity contribution in [1.82, 2.24) is 0 Å². The molecular weight excluding hydrogens is 256 g/mol. The van der Waals surface area contributed by atoms with Crippen LogP contribution in [-0.4, -0.2) is 17.0 Å². The minimum Gasteiger partial charge on any atom is -0.481 e.